The third kappa shape index (κ3) is 5.39. The normalized spacial score (nSPS) is 21.7. The lowest BCUT2D eigenvalue weighted by molar-refractivity contribution is -0.177. The average Bonchev–Trinajstić information content (AvgIpc) is 3.40. The van der Waals surface area contributed by atoms with Crippen molar-refractivity contribution in [3.8, 4) is 0 Å². The molecule has 8 nitrogen and oxygen atoms in total. The van der Waals surface area contributed by atoms with Crippen LogP contribution in [0.3, 0.4) is 0 Å². The quantitative estimate of drug-likeness (QED) is 0.528. The summed E-state index contributed by atoms with van der Waals surface area (Å²) >= 11 is 0. The minimum absolute atomic E-state index is 0.0270. The van der Waals surface area contributed by atoms with Gasteiger partial charge in [-0.3, -0.25) is 4.79 Å². The first-order valence-electron chi connectivity index (χ1n) is 11.8. The molecule has 2 aliphatic rings. The van der Waals surface area contributed by atoms with E-state index in [1.165, 1.54) is 6.33 Å². The van der Waals surface area contributed by atoms with Gasteiger partial charge in [0.25, 0.3) is 0 Å². The number of anilines is 1. The molecule has 1 aliphatic heterocycles. The number of ether oxygens (including phenoxy) is 1. The van der Waals surface area contributed by atoms with Crippen LogP contribution in [0.5, 0.6) is 0 Å². The minimum Gasteiger partial charge on any atom is -0.462 e. The van der Waals surface area contributed by atoms with Crippen LogP contribution in [0, 0.1) is 17.8 Å². The molecule has 1 aliphatic carbocycles. The molecular formula is C25H32N4O4. The van der Waals surface area contributed by atoms with Gasteiger partial charge in [-0.1, -0.05) is 49.6 Å². The van der Waals surface area contributed by atoms with Crippen molar-refractivity contribution in [3.63, 3.8) is 0 Å². The number of aliphatic hydroxyl groups is 1. The summed E-state index contributed by atoms with van der Waals surface area (Å²) in [5.41, 5.74) is -1.17. The number of amides is 1. The Bertz CT molecular complexity index is 915. The number of esters is 1. The zero-order valence-electron chi connectivity index (χ0n) is 18.8. The number of aromatic nitrogens is 2. The number of nitrogens with zero attached hydrogens (tertiary/aromatic N) is 2. The average molecular weight is 453 g/mol. The molecule has 176 valence electrons. The lowest BCUT2D eigenvalue weighted by atomic mass is 9.73. The van der Waals surface area contributed by atoms with Crippen LogP contribution in [0.15, 0.2) is 48.9 Å². The van der Waals surface area contributed by atoms with Crippen molar-refractivity contribution in [2.24, 2.45) is 17.8 Å². The maximum absolute atomic E-state index is 13.4. The van der Waals surface area contributed by atoms with Gasteiger partial charge in [-0.2, -0.15) is 0 Å². The van der Waals surface area contributed by atoms with E-state index in [0.717, 1.165) is 45.1 Å². The SMILES string of the molecule is O=C(Nc1ccncn1)C(COC(=O)C(O)(c1ccccc1)C1CCCCC1)[C@H]1CCNC1. The third-order valence-corrected chi connectivity index (χ3v) is 6.95. The summed E-state index contributed by atoms with van der Waals surface area (Å²) in [5, 5.41) is 17.8. The van der Waals surface area contributed by atoms with Crippen LogP contribution in [-0.4, -0.2) is 46.6 Å². The molecule has 33 heavy (non-hydrogen) atoms. The van der Waals surface area contributed by atoms with E-state index < -0.39 is 17.5 Å². The first-order chi connectivity index (χ1) is 16.1. The zero-order chi connectivity index (χ0) is 23.1. The van der Waals surface area contributed by atoms with Gasteiger partial charge >= 0.3 is 5.97 Å². The number of carbonyl (C=O) groups is 2. The highest BCUT2D eigenvalue weighted by molar-refractivity contribution is 5.92. The molecule has 2 heterocycles. The predicted octanol–water partition coefficient (Wildman–Crippen LogP) is 2.65. The van der Waals surface area contributed by atoms with E-state index >= 15 is 0 Å². The van der Waals surface area contributed by atoms with Crippen molar-refractivity contribution in [3.05, 3.63) is 54.5 Å². The molecule has 4 rings (SSSR count). The van der Waals surface area contributed by atoms with Gasteiger partial charge in [0.2, 0.25) is 5.91 Å². The lowest BCUT2D eigenvalue weighted by Crippen LogP contribution is -2.46. The number of rotatable bonds is 8. The Kier molecular flexibility index (Phi) is 7.67. The van der Waals surface area contributed by atoms with Crippen molar-refractivity contribution in [2.75, 3.05) is 25.0 Å². The Hall–Kier alpha value is -2.84. The molecule has 2 unspecified atom stereocenters. The van der Waals surface area contributed by atoms with Crippen molar-refractivity contribution in [2.45, 2.75) is 44.1 Å². The van der Waals surface area contributed by atoms with Gasteiger partial charge < -0.3 is 20.5 Å². The summed E-state index contributed by atoms with van der Waals surface area (Å²) in [5.74, 6) is -1.25. The fourth-order valence-corrected chi connectivity index (χ4v) is 5.04. The number of benzene rings is 1. The van der Waals surface area contributed by atoms with Crippen LogP contribution in [0.25, 0.3) is 0 Å². The summed E-state index contributed by atoms with van der Waals surface area (Å²) < 4.78 is 5.74. The Morgan fingerprint density at radius 3 is 2.61 bits per heavy atom. The molecular weight excluding hydrogens is 420 g/mol. The molecule has 2 aromatic rings. The topological polar surface area (TPSA) is 113 Å². The van der Waals surface area contributed by atoms with Gasteiger partial charge in [0.15, 0.2) is 5.60 Å². The first kappa shape index (κ1) is 23.3. The molecule has 3 N–H and O–H groups in total. The second kappa shape index (κ2) is 10.9. The smallest absolute Gasteiger partial charge is 0.343 e. The van der Waals surface area contributed by atoms with Crippen molar-refractivity contribution < 1.29 is 19.4 Å². The van der Waals surface area contributed by atoms with Gasteiger partial charge in [-0.05, 0) is 49.9 Å². The van der Waals surface area contributed by atoms with Crippen LogP contribution in [0.4, 0.5) is 5.82 Å². The maximum Gasteiger partial charge on any atom is 0.343 e. The summed E-state index contributed by atoms with van der Waals surface area (Å²) in [6.45, 7) is 1.39. The van der Waals surface area contributed by atoms with E-state index in [-0.39, 0.29) is 24.3 Å². The Morgan fingerprint density at radius 1 is 1.15 bits per heavy atom. The summed E-state index contributed by atoms with van der Waals surface area (Å²) in [7, 11) is 0. The maximum atomic E-state index is 13.4. The molecule has 0 spiro atoms. The molecule has 8 heteroatoms. The highest BCUT2D eigenvalue weighted by Gasteiger charge is 2.47. The zero-order valence-corrected chi connectivity index (χ0v) is 18.8. The standard InChI is InChI=1S/C25H32N4O4/c30-23(29-22-12-14-27-17-28-22)21(18-11-13-26-15-18)16-33-24(31)25(32,19-7-3-1-4-8-19)20-9-5-2-6-10-20/h1,3-4,7-8,12,14,17-18,20-21,26,32H,2,5-6,9-11,13,15-16H2,(H,27,28,29,30)/t18-,21?,25?/m0/s1. The second-order valence-electron chi connectivity index (χ2n) is 9.01. The summed E-state index contributed by atoms with van der Waals surface area (Å²) in [6, 6.07) is 10.7. The van der Waals surface area contributed by atoms with E-state index in [4.69, 9.17) is 4.74 Å². The van der Waals surface area contributed by atoms with Gasteiger partial charge in [0, 0.05) is 12.1 Å². The number of nitrogens with one attached hydrogen (secondary N) is 2. The molecule has 3 atom stereocenters. The third-order valence-electron chi connectivity index (χ3n) is 6.95. The Balaban J connectivity index is 1.51. The van der Waals surface area contributed by atoms with E-state index in [1.807, 2.05) is 18.2 Å². The van der Waals surface area contributed by atoms with Crippen LogP contribution >= 0.6 is 0 Å². The molecule has 0 radical (unpaired) electrons. The van der Waals surface area contributed by atoms with Crippen molar-refractivity contribution in [1.82, 2.24) is 15.3 Å². The van der Waals surface area contributed by atoms with Gasteiger partial charge in [0.1, 0.15) is 18.8 Å². The molecule has 2 fully saturated rings. The van der Waals surface area contributed by atoms with E-state index in [9.17, 15) is 14.7 Å². The molecule has 1 saturated carbocycles. The summed E-state index contributed by atoms with van der Waals surface area (Å²) in [4.78, 5) is 34.4. The van der Waals surface area contributed by atoms with E-state index in [1.54, 1.807) is 24.4 Å². The largest absolute Gasteiger partial charge is 0.462 e. The van der Waals surface area contributed by atoms with E-state index in [0.29, 0.717) is 17.9 Å². The predicted molar refractivity (Wildman–Crippen MR) is 123 cm³/mol. The fourth-order valence-electron chi connectivity index (χ4n) is 5.04. The van der Waals surface area contributed by atoms with E-state index in [2.05, 4.69) is 20.6 Å². The molecule has 1 aromatic carbocycles. The van der Waals surface area contributed by atoms with Crippen LogP contribution in [0.2, 0.25) is 0 Å². The second-order valence-corrected chi connectivity index (χ2v) is 9.01. The Morgan fingerprint density at radius 2 is 1.94 bits per heavy atom. The number of carbonyl (C=O) groups excluding carboxylic acids is 2. The summed E-state index contributed by atoms with van der Waals surface area (Å²) in [6.07, 6.45) is 8.33. The Labute approximate surface area is 194 Å². The molecule has 1 aromatic heterocycles. The first-order valence-corrected chi connectivity index (χ1v) is 11.8. The van der Waals surface area contributed by atoms with Crippen LogP contribution in [0.1, 0.15) is 44.1 Å². The highest BCUT2D eigenvalue weighted by Crippen LogP contribution is 2.40. The fraction of sp³-hybridized carbons (Fsp3) is 0.520. The number of hydrogen-bond donors (Lipinski definition) is 3. The van der Waals surface area contributed by atoms with Crippen LogP contribution in [-0.2, 0) is 19.9 Å². The van der Waals surface area contributed by atoms with Gasteiger partial charge in [-0.15, -0.1) is 0 Å². The molecule has 0 bridgehead atoms. The monoisotopic (exact) mass is 452 g/mol. The van der Waals surface area contributed by atoms with Crippen molar-refractivity contribution in [1.29, 1.82) is 0 Å². The van der Waals surface area contributed by atoms with Gasteiger partial charge in [-0.25, -0.2) is 14.8 Å². The lowest BCUT2D eigenvalue weighted by Gasteiger charge is -2.37. The highest BCUT2D eigenvalue weighted by atomic mass is 16.6. The minimum atomic E-state index is -1.72. The molecule has 1 amide bonds. The number of hydrogen-bond acceptors (Lipinski definition) is 7. The van der Waals surface area contributed by atoms with Crippen LogP contribution < -0.4 is 10.6 Å². The van der Waals surface area contributed by atoms with Gasteiger partial charge in [0.05, 0.1) is 5.92 Å². The molecule has 1 saturated heterocycles. The van der Waals surface area contributed by atoms with Crippen molar-refractivity contribution >= 4 is 17.7 Å².